The maximum Gasteiger partial charge on any atom is 0.264 e. The van der Waals surface area contributed by atoms with E-state index in [-0.39, 0.29) is 22.9 Å². The molecule has 3 aromatic rings. The maximum atomic E-state index is 13.9. The van der Waals surface area contributed by atoms with Crippen LogP contribution in [-0.4, -0.2) is 59.0 Å². The van der Waals surface area contributed by atoms with Gasteiger partial charge in [0.05, 0.1) is 24.8 Å². The Bertz CT molecular complexity index is 1370. The molecule has 0 aliphatic heterocycles. The number of halogens is 1. The van der Waals surface area contributed by atoms with Crippen LogP contribution >= 0.6 is 0 Å². The second-order valence-corrected chi connectivity index (χ2v) is 10.2. The van der Waals surface area contributed by atoms with Crippen molar-refractivity contribution < 1.29 is 31.9 Å². The van der Waals surface area contributed by atoms with E-state index in [4.69, 9.17) is 9.47 Å². The molecule has 1 N–H and O–H groups in total. The summed E-state index contributed by atoms with van der Waals surface area (Å²) in [4.78, 5) is 27.5. The summed E-state index contributed by atoms with van der Waals surface area (Å²) in [5, 5.41) is 2.51. The number of nitrogens with zero attached hydrogens (tertiary/aromatic N) is 2. The van der Waals surface area contributed by atoms with Gasteiger partial charge in [0.15, 0.2) is 0 Å². The molecule has 0 aliphatic rings. The van der Waals surface area contributed by atoms with Gasteiger partial charge in [-0.25, -0.2) is 12.8 Å². The van der Waals surface area contributed by atoms with Gasteiger partial charge in [0.25, 0.3) is 10.0 Å². The van der Waals surface area contributed by atoms with E-state index in [9.17, 15) is 22.4 Å². The Morgan fingerprint density at radius 2 is 1.63 bits per heavy atom. The molecule has 2 amide bonds. The molecule has 9 nitrogen and oxygen atoms in total. The number of anilines is 1. The lowest BCUT2D eigenvalue weighted by Crippen LogP contribution is -2.50. The Labute approximate surface area is 221 Å². The van der Waals surface area contributed by atoms with Gasteiger partial charge >= 0.3 is 0 Å². The van der Waals surface area contributed by atoms with Gasteiger partial charge in [0.1, 0.15) is 29.9 Å². The zero-order valence-corrected chi connectivity index (χ0v) is 22.4. The third-order valence-corrected chi connectivity index (χ3v) is 7.72. The molecule has 0 fully saturated rings. The van der Waals surface area contributed by atoms with Crippen molar-refractivity contribution >= 4 is 27.5 Å². The number of hydrogen-bond acceptors (Lipinski definition) is 6. The third-order valence-electron chi connectivity index (χ3n) is 5.94. The molecule has 0 saturated heterocycles. The highest BCUT2D eigenvalue weighted by molar-refractivity contribution is 7.92. The average Bonchev–Trinajstić information content (AvgIpc) is 2.94. The minimum atomic E-state index is -4.27. The zero-order chi connectivity index (χ0) is 27.9. The van der Waals surface area contributed by atoms with Crippen LogP contribution < -0.4 is 19.1 Å². The number of benzene rings is 3. The van der Waals surface area contributed by atoms with Gasteiger partial charge in [0.2, 0.25) is 11.8 Å². The van der Waals surface area contributed by atoms with Crippen LogP contribution in [0.1, 0.15) is 12.5 Å². The molecule has 3 aromatic carbocycles. The van der Waals surface area contributed by atoms with E-state index >= 15 is 0 Å². The van der Waals surface area contributed by atoms with Crippen molar-refractivity contribution in [3.63, 3.8) is 0 Å². The lowest BCUT2D eigenvalue weighted by Gasteiger charge is -2.32. The summed E-state index contributed by atoms with van der Waals surface area (Å²) in [5.74, 6) is -1.01. The molecule has 0 radical (unpaired) electrons. The van der Waals surface area contributed by atoms with Crippen molar-refractivity contribution in [2.24, 2.45) is 0 Å². The first-order valence-electron chi connectivity index (χ1n) is 11.7. The van der Waals surface area contributed by atoms with E-state index in [0.717, 1.165) is 4.31 Å². The highest BCUT2D eigenvalue weighted by Gasteiger charge is 2.33. The van der Waals surface area contributed by atoms with Crippen molar-refractivity contribution in [1.82, 2.24) is 10.2 Å². The van der Waals surface area contributed by atoms with Gasteiger partial charge in [-0.05, 0) is 48.9 Å². The first-order chi connectivity index (χ1) is 18.1. The van der Waals surface area contributed by atoms with Crippen LogP contribution in [0.5, 0.6) is 11.5 Å². The standard InChI is InChI=1S/C27H30FN3O6S/c1-19(27(33)29-2)30(17-20-10-12-21(28)13-11-20)26(32)18-31(38(34,35)23-8-6-5-7-9-23)24-16-22(36-3)14-15-25(24)37-4/h5-16,19H,17-18H2,1-4H3,(H,29,33)/t19-/m1/s1. The van der Waals surface area contributed by atoms with Crippen LogP contribution in [-0.2, 0) is 26.2 Å². The molecule has 0 bridgehead atoms. The van der Waals surface area contributed by atoms with E-state index in [2.05, 4.69) is 5.32 Å². The van der Waals surface area contributed by atoms with E-state index < -0.39 is 40.2 Å². The summed E-state index contributed by atoms with van der Waals surface area (Å²) in [7, 11) is -0.0163. The number of likely N-dealkylation sites (N-methyl/N-ethyl adjacent to an activating group) is 1. The second kappa shape index (κ2) is 12.4. The maximum absolute atomic E-state index is 13.9. The van der Waals surface area contributed by atoms with Crippen molar-refractivity contribution in [2.45, 2.75) is 24.4 Å². The fraction of sp³-hybridized carbons (Fsp3) is 0.259. The van der Waals surface area contributed by atoms with Crippen LogP contribution in [0.25, 0.3) is 0 Å². The highest BCUT2D eigenvalue weighted by atomic mass is 32.2. The average molecular weight is 544 g/mol. The molecule has 0 unspecified atom stereocenters. The molecular formula is C27H30FN3O6S. The minimum Gasteiger partial charge on any atom is -0.497 e. The van der Waals surface area contributed by atoms with Crippen molar-refractivity contribution in [3.05, 3.63) is 84.2 Å². The highest BCUT2D eigenvalue weighted by Crippen LogP contribution is 2.35. The summed E-state index contributed by atoms with van der Waals surface area (Å²) in [6.07, 6.45) is 0. The first kappa shape index (κ1) is 28.5. The minimum absolute atomic E-state index is 0.0397. The summed E-state index contributed by atoms with van der Waals surface area (Å²) in [6, 6.07) is 16.8. The van der Waals surface area contributed by atoms with Gasteiger partial charge in [-0.3, -0.25) is 13.9 Å². The summed E-state index contributed by atoms with van der Waals surface area (Å²) < 4.78 is 52.8. The van der Waals surface area contributed by atoms with Crippen LogP contribution in [0, 0.1) is 5.82 Å². The first-order valence-corrected chi connectivity index (χ1v) is 13.1. The molecule has 0 aliphatic carbocycles. The van der Waals surface area contributed by atoms with E-state index in [0.29, 0.717) is 11.3 Å². The van der Waals surface area contributed by atoms with Crippen LogP contribution in [0.2, 0.25) is 0 Å². The van der Waals surface area contributed by atoms with Crippen LogP contribution in [0.15, 0.2) is 77.7 Å². The summed E-state index contributed by atoms with van der Waals surface area (Å²) >= 11 is 0. The molecule has 202 valence electrons. The fourth-order valence-electron chi connectivity index (χ4n) is 3.80. The largest absolute Gasteiger partial charge is 0.497 e. The number of methoxy groups -OCH3 is 2. The van der Waals surface area contributed by atoms with Gasteiger partial charge in [-0.15, -0.1) is 0 Å². The molecule has 0 spiro atoms. The molecule has 0 heterocycles. The molecule has 0 saturated carbocycles. The molecular weight excluding hydrogens is 513 g/mol. The summed E-state index contributed by atoms with van der Waals surface area (Å²) in [6.45, 7) is 0.827. The number of carbonyl (C=O) groups excluding carboxylic acids is 2. The van der Waals surface area contributed by atoms with Gasteiger partial charge < -0.3 is 19.7 Å². The Morgan fingerprint density at radius 3 is 2.21 bits per heavy atom. The van der Waals surface area contributed by atoms with E-state index in [1.807, 2.05) is 0 Å². The molecule has 1 atom stereocenters. The van der Waals surface area contributed by atoms with Crippen molar-refractivity contribution in [1.29, 1.82) is 0 Å². The Hall–Kier alpha value is -4.12. The monoisotopic (exact) mass is 543 g/mol. The molecule has 0 aromatic heterocycles. The predicted octanol–water partition coefficient (Wildman–Crippen LogP) is 3.20. The number of rotatable bonds is 11. The topological polar surface area (TPSA) is 105 Å². The second-order valence-electron chi connectivity index (χ2n) is 8.30. The predicted molar refractivity (Wildman–Crippen MR) is 141 cm³/mol. The van der Waals surface area contributed by atoms with E-state index in [1.165, 1.54) is 81.6 Å². The smallest absolute Gasteiger partial charge is 0.264 e. The van der Waals surface area contributed by atoms with Crippen LogP contribution in [0.4, 0.5) is 10.1 Å². The number of amides is 2. The lowest BCUT2D eigenvalue weighted by molar-refractivity contribution is -0.139. The SMILES string of the molecule is CNC(=O)[C@@H](C)N(Cc1ccc(F)cc1)C(=O)CN(c1cc(OC)ccc1OC)S(=O)(=O)c1ccccc1. The fourth-order valence-corrected chi connectivity index (χ4v) is 5.24. The van der Waals surface area contributed by atoms with Gasteiger partial charge in [0, 0.05) is 19.7 Å². The number of sulfonamides is 1. The Morgan fingerprint density at radius 1 is 0.974 bits per heavy atom. The lowest BCUT2D eigenvalue weighted by atomic mass is 10.1. The van der Waals surface area contributed by atoms with Crippen molar-refractivity contribution in [2.75, 3.05) is 32.1 Å². The Balaban J connectivity index is 2.10. The quantitative estimate of drug-likeness (QED) is 0.398. The number of hydrogen-bond donors (Lipinski definition) is 1. The Kier molecular flexibility index (Phi) is 9.30. The molecule has 3 rings (SSSR count). The normalized spacial score (nSPS) is 11.8. The third kappa shape index (κ3) is 6.41. The van der Waals surface area contributed by atoms with Crippen LogP contribution in [0.3, 0.4) is 0 Å². The van der Waals surface area contributed by atoms with Crippen molar-refractivity contribution in [3.8, 4) is 11.5 Å². The number of nitrogens with one attached hydrogen (secondary N) is 1. The van der Waals surface area contributed by atoms with E-state index in [1.54, 1.807) is 24.3 Å². The van der Waals surface area contributed by atoms with Gasteiger partial charge in [-0.1, -0.05) is 30.3 Å². The summed E-state index contributed by atoms with van der Waals surface area (Å²) in [5.41, 5.74) is 0.644. The van der Waals surface area contributed by atoms with Gasteiger partial charge in [-0.2, -0.15) is 0 Å². The molecule has 38 heavy (non-hydrogen) atoms. The number of carbonyl (C=O) groups is 2. The number of ether oxygens (including phenoxy) is 2. The molecule has 11 heteroatoms. The zero-order valence-electron chi connectivity index (χ0n) is 21.5.